The van der Waals surface area contributed by atoms with Gasteiger partial charge in [0.2, 0.25) is 0 Å². The van der Waals surface area contributed by atoms with Gasteiger partial charge in [-0.05, 0) is 31.4 Å². The molecular formula is C17H25N3OS. The van der Waals surface area contributed by atoms with Crippen molar-refractivity contribution in [3.8, 4) is 0 Å². The lowest BCUT2D eigenvalue weighted by atomic mass is 10.1. The number of nitrogens with one attached hydrogen (secondary N) is 1. The normalized spacial score (nSPS) is 16.6. The van der Waals surface area contributed by atoms with Gasteiger partial charge in [0.1, 0.15) is 5.54 Å². The van der Waals surface area contributed by atoms with Crippen molar-refractivity contribution in [2.24, 2.45) is 10.9 Å². The van der Waals surface area contributed by atoms with Crippen molar-refractivity contribution < 1.29 is 4.79 Å². The molecule has 0 aliphatic carbocycles. The number of hydrogen-bond donors (Lipinski definition) is 1. The number of benzene rings is 1. The van der Waals surface area contributed by atoms with Gasteiger partial charge >= 0.3 is 0 Å². The summed E-state index contributed by atoms with van der Waals surface area (Å²) in [4.78, 5) is 18.5. The average molecular weight is 319 g/mol. The third-order valence-electron chi connectivity index (χ3n) is 3.56. The molecule has 0 bridgehead atoms. The zero-order chi connectivity index (χ0) is 16.3. The molecule has 1 N–H and O–H groups in total. The van der Waals surface area contributed by atoms with Gasteiger partial charge in [-0.15, -0.1) is 0 Å². The van der Waals surface area contributed by atoms with Crippen LogP contribution in [0, 0.1) is 5.92 Å². The van der Waals surface area contributed by atoms with Crippen LogP contribution in [-0.2, 0) is 10.5 Å². The Labute approximate surface area is 137 Å². The SMILES string of the molecule is CC(C)CN(C)c1ccccc1CSC1=NC(C)(C)C(=O)N1. The first kappa shape index (κ1) is 16.9. The molecule has 2 rings (SSSR count). The zero-order valence-corrected chi connectivity index (χ0v) is 14.8. The Morgan fingerprint density at radius 3 is 2.59 bits per heavy atom. The Kier molecular flexibility index (Phi) is 5.16. The number of amidine groups is 1. The molecule has 0 saturated heterocycles. The molecule has 0 fully saturated rings. The third kappa shape index (κ3) is 4.03. The molecule has 0 aromatic heterocycles. The van der Waals surface area contributed by atoms with Gasteiger partial charge in [0.25, 0.3) is 5.91 Å². The lowest BCUT2D eigenvalue weighted by Crippen LogP contribution is -2.33. The predicted octanol–water partition coefficient (Wildman–Crippen LogP) is 3.28. The Hall–Kier alpha value is -1.49. The zero-order valence-electron chi connectivity index (χ0n) is 14.0. The summed E-state index contributed by atoms with van der Waals surface area (Å²) in [5.74, 6) is 1.39. The summed E-state index contributed by atoms with van der Waals surface area (Å²) in [6.07, 6.45) is 0. The molecular weight excluding hydrogens is 294 g/mol. The van der Waals surface area contributed by atoms with Crippen molar-refractivity contribution in [1.82, 2.24) is 5.32 Å². The van der Waals surface area contributed by atoms with Gasteiger partial charge in [0.15, 0.2) is 5.17 Å². The minimum atomic E-state index is -0.643. The van der Waals surface area contributed by atoms with Crippen molar-refractivity contribution in [2.45, 2.75) is 39.0 Å². The second-order valence-corrected chi connectivity index (χ2v) is 7.59. The summed E-state index contributed by atoms with van der Waals surface area (Å²) in [5.41, 5.74) is 1.86. The van der Waals surface area contributed by atoms with E-state index in [1.807, 2.05) is 13.8 Å². The van der Waals surface area contributed by atoms with Gasteiger partial charge in [-0.3, -0.25) is 4.79 Å². The molecule has 120 valence electrons. The second-order valence-electron chi connectivity index (χ2n) is 6.62. The van der Waals surface area contributed by atoms with Gasteiger partial charge in [-0.1, -0.05) is 43.8 Å². The number of aliphatic imine (C=N–C) groups is 1. The van der Waals surface area contributed by atoms with Crippen LogP contribution in [0.25, 0.3) is 0 Å². The quantitative estimate of drug-likeness (QED) is 0.906. The molecule has 0 unspecified atom stereocenters. The summed E-state index contributed by atoms with van der Waals surface area (Å²) in [7, 11) is 2.13. The van der Waals surface area contributed by atoms with Gasteiger partial charge < -0.3 is 10.2 Å². The number of rotatable bonds is 5. The first-order valence-electron chi connectivity index (χ1n) is 7.63. The van der Waals surface area contributed by atoms with E-state index in [-0.39, 0.29) is 5.91 Å². The minimum absolute atomic E-state index is 0.0276. The number of anilines is 1. The summed E-state index contributed by atoms with van der Waals surface area (Å²) in [6.45, 7) is 9.13. The first-order valence-corrected chi connectivity index (χ1v) is 8.61. The highest BCUT2D eigenvalue weighted by molar-refractivity contribution is 8.13. The maximum absolute atomic E-state index is 11.8. The largest absolute Gasteiger partial charge is 0.374 e. The standard InChI is InChI=1S/C17H25N3OS/c1-12(2)10-20(5)14-9-7-6-8-13(14)11-22-16-18-15(21)17(3,4)19-16/h6-9,12H,10-11H2,1-5H3,(H,18,19,21). The van der Waals surface area contributed by atoms with Crippen molar-refractivity contribution in [2.75, 3.05) is 18.5 Å². The highest BCUT2D eigenvalue weighted by atomic mass is 32.2. The first-order chi connectivity index (χ1) is 10.3. The monoisotopic (exact) mass is 319 g/mol. The van der Waals surface area contributed by atoms with E-state index in [1.165, 1.54) is 11.3 Å². The molecule has 0 atom stereocenters. The number of nitrogens with zero attached hydrogens (tertiary/aromatic N) is 2. The van der Waals surface area contributed by atoms with Gasteiger partial charge in [-0.2, -0.15) is 0 Å². The van der Waals surface area contributed by atoms with Crippen molar-refractivity contribution in [1.29, 1.82) is 0 Å². The molecule has 1 aromatic rings. The number of thioether (sulfide) groups is 1. The maximum Gasteiger partial charge on any atom is 0.253 e. The van der Waals surface area contributed by atoms with Crippen molar-refractivity contribution in [3.05, 3.63) is 29.8 Å². The van der Waals surface area contributed by atoms with Gasteiger partial charge in [-0.25, -0.2) is 4.99 Å². The fourth-order valence-electron chi connectivity index (χ4n) is 2.45. The van der Waals surface area contributed by atoms with E-state index in [0.29, 0.717) is 5.92 Å². The fourth-order valence-corrected chi connectivity index (χ4v) is 3.44. The van der Waals surface area contributed by atoms with Gasteiger partial charge in [0.05, 0.1) is 0 Å². The highest BCUT2D eigenvalue weighted by Crippen LogP contribution is 2.27. The Balaban J connectivity index is 2.06. The highest BCUT2D eigenvalue weighted by Gasteiger charge is 2.34. The van der Waals surface area contributed by atoms with Crippen LogP contribution in [0.5, 0.6) is 0 Å². The number of amides is 1. The third-order valence-corrected chi connectivity index (χ3v) is 4.49. The topological polar surface area (TPSA) is 44.7 Å². The maximum atomic E-state index is 11.8. The van der Waals surface area contributed by atoms with Crippen molar-refractivity contribution in [3.63, 3.8) is 0 Å². The average Bonchev–Trinajstić information content (AvgIpc) is 2.69. The van der Waals surface area contributed by atoms with E-state index in [2.05, 4.69) is 60.4 Å². The van der Waals surface area contributed by atoms with Crippen LogP contribution in [0.4, 0.5) is 5.69 Å². The summed E-state index contributed by atoms with van der Waals surface area (Å²) < 4.78 is 0. The van der Waals surface area contributed by atoms with E-state index in [1.54, 1.807) is 11.8 Å². The summed E-state index contributed by atoms with van der Waals surface area (Å²) in [6, 6.07) is 8.42. The Morgan fingerprint density at radius 1 is 1.32 bits per heavy atom. The van der Waals surface area contributed by atoms with Crippen LogP contribution >= 0.6 is 11.8 Å². The van der Waals surface area contributed by atoms with Crippen LogP contribution < -0.4 is 10.2 Å². The molecule has 1 amide bonds. The smallest absolute Gasteiger partial charge is 0.253 e. The molecule has 1 heterocycles. The van der Waals surface area contributed by atoms with Crippen LogP contribution in [-0.4, -0.2) is 30.2 Å². The minimum Gasteiger partial charge on any atom is -0.374 e. The molecule has 1 aliphatic rings. The molecule has 0 saturated carbocycles. The van der Waals surface area contributed by atoms with E-state index in [9.17, 15) is 4.79 Å². The van der Waals surface area contributed by atoms with Crippen LogP contribution in [0.2, 0.25) is 0 Å². The molecule has 0 spiro atoms. The fraction of sp³-hybridized carbons (Fsp3) is 0.529. The summed E-state index contributed by atoms with van der Waals surface area (Å²) >= 11 is 1.59. The molecule has 1 aliphatic heterocycles. The molecule has 5 heteroatoms. The lowest BCUT2D eigenvalue weighted by molar-refractivity contribution is -0.122. The Morgan fingerprint density at radius 2 is 2.00 bits per heavy atom. The van der Waals surface area contributed by atoms with Crippen LogP contribution in [0.15, 0.2) is 29.3 Å². The van der Waals surface area contributed by atoms with E-state index in [4.69, 9.17) is 0 Å². The van der Waals surface area contributed by atoms with Crippen LogP contribution in [0.3, 0.4) is 0 Å². The molecule has 0 radical (unpaired) electrons. The number of carbonyl (C=O) groups excluding carboxylic acids is 1. The van der Waals surface area contributed by atoms with E-state index >= 15 is 0 Å². The number of para-hydroxylation sites is 1. The molecule has 4 nitrogen and oxygen atoms in total. The second kappa shape index (κ2) is 6.73. The van der Waals surface area contributed by atoms with Crippen molar-refractivity contribution >= 4 is 28.5 Å². The van der Waals surface area contributed by atoms with Crippen LogP contribution in [0.1, 0.15) is 33.3 Å². The Bertz CT molecular complexity index is 581. The molecule has 1 aromatic carbocycles. The predicted molar refractivity (Wildman–Crippen MR) is 95.5 cm³/mol. The van der Waals surface area contributed by atoms with E-state index in [0.717, 1.165) is 17.5 Å². The lowest BCUT2D eigenvalue weighted by Gasteiger charge is -2.24. The molecule has 22 heavy (non-hydrogen) atoms. The summed E-state index contributed by atoms with van der Waals surface area (Å²) in [5, 5.41) is 3.57. The van der Waals surface area contributed by atoms with Gasteiger partial charge in [0, 0.05) is 25.0 Å². The number of carbonyl (C=O) groups is 1. The number of hydrogen-bond acceptors (Lipinski definition) is 4. The van der Waals surface area contributed by atoms with E-state index < -0.39 is 5.54 Å².